The first kappa shape index (κ1) is 28.3. The molecular weight excluding hydrogens is 482 g/mol. The van der Waals surface area contributed by atoms with Gasteiger partial charge >= 0.3 is 0 Å². The summed E-state index contributed by atoms with van der Waals surface area (Å²) >= 11 is 0. The lowest BCUT2D eigenvalue weighted by Gasteiger charge is -2.44. The Kier molecular flexibility index (Phi) is 7.99. The van der Waals surface area contributed by atoms with Crippen molar-refractivity contribution >= 4 is 11.8 Å². The second-order valence-electron chi connectivity index (χ2n) is 14.6. The van der Waals surface area contributed by atoms with E-state index in [1.54, 1.807) is 29.8 Å². The molecule has 6 atom stereocenters. The highest BCUT2D eigenvalue weighted by molar-refractivity contribution is 6.21. The van der Waals surface area contributed by atoms with E-state index >= 15 is 0 Å². The van der Waals surface area contributed by atoms with Crippen molar-refractivity contribution in [3.05, 3.63) is 58.7 Å². The maximum absolute atomic E-state index is 13.1. The lowest BCUT2D eigenvalue weighted by Crippen LogP contribution is -2.44. The van der Waals surface area contributed by atoms with E-state index in [4.69, 9.17) is 0 Å². The number of nitrogens with zero attached hydrogens (tertiary/aromatic N) is 1. The van der Waals surface area contributed by atoms with Gasteiger partial charge in [0.2, 0.25) is 0 Å². The van der Waals surface area contributed by atoms with Gasteiger partial charge in [-0.15, -0.1) is 0 Å². The van der Waals surface area contributed by atoms with E-state index in [1.807, 2.05) is 0 Å². The number of hydrogen-bond acceptors (Lipinski definition) is 3. The molecule has 1 N–H and O–H groups in total. The van der Waals surface area contributed by atoms with E-state index in [-0.39, 0.29) is 17.9 Å². The maximum atomic E-state index is 13.1. The second kappa shape index (κ2) is 11.0. The molecule has 0 aromatic heterocycles. The number of imide groups is 1. The van der Waals surface area contributed by atoms with Crippen molar-refractivity contribution in [1.82, 2.24) is 4.90 Å². The van der Waals surface area contributed by atoms with Gasteiger partial charge in [0.25, 0.3) is 11.8 Å². The van der Waals surface area contributed by atoms with Gasteiger partial charge in [-0.2, -0.15) is 0 Å². The zero-order chi connectivity index (χ0) is 27.9. The molecule has 212 valence electrons. The number of allylic oxidation sites excluding steroid dienone is 3. The number of carbonyl (C=O) groups is 2. The molecule has 3 aliphatic carbocycles. The van der Waals surface area contributed by atoms with Crippen molar-refractivity contribution in [3.8, 4) is 0 Å². The van der Waals surface area contributed by atoms with Gasteiger partial charge in [-0.1, -0.05) is 82.9 Å². The smallest absolute Gasteiger partial charge is 0.261 e. The van der Waals surface area contributed by atoms with Crippen molar-refractivity contribution < 1.29 is 14.7 Å². The Morgan fingerprint density at radius 1 is 1.08 bits per heavy atom. The fourth-order valence-electron chi connectivity index (χ4n) is 8.64. The number of carbonyl (C=O) groups excluding carboxylic acids is 2. The number of rotatable bonds is 6. The van der Waals surface area contributed by atoms with Crippen molar-refractivity contribution in [2.24, 2.45) is 28.6 Å². The van der Waals surface area contributed by atoms with Crippen LogP contribution in [0.15, 0.2) is 47.6 Å². The maximum Gasteiger partial charge on any atom is 0.261 e. The molecule has 2 amide bonds. The van der Waals surface area contributed by atoms with Crippen LogP contribution < -0.4 is 0 Å². The average molecular weight is 532 g/mol. The highest BCUT2D eigenvalue weighted by Gasteiger charge is 2.50. The molecule has 39 heavy (non-hydrogen) atoms. The van der Waals surface area contributed by atoms with Crippen molar-refractivity contribution in [2.45, 2.75) is 117 Å². The van der Waals surface area contributed by atoms with Gasteiger partial charge < -0.3 is 5.11 Å². The highest BCUT2D eigenvalue weighted by Crippen LogP contribution is 2.60. The summed E-state index contributed by atoms with van der Waals surface area (Å²) in [5, 5.41) is 10.7. The molecule has 0 bridgehead atoms. The number of fused-ring (bicyclic) bond motifs is 2. The Balaban J connectivity index is 1.28. The van der Waals surface area contributed by atoms with Gasteiger partial charge in [0, 0.05) is 6.04 Å². The molecule has 3 saturated carbocycles. The minimum absolute atomic E-state index is 0.218. The predicted molar refractivity (Wildman–Crippen MR) is 157 cm³/mol. The summed E-state index contributed by atoms with van der Waals surface area (Å²) in [6.07, 6.45) is 16.2. The van der Waals surface area contributed by atoms with Crippen LogP contribution in [0.4, 0.5) is 0 Å². The Labute approximate surface area is 235 Å². The van der Waals surface area contributed by atoms with Crippen LogP contribution in [0.3, 0.4) is 0 Å². The van der Waals surface area contributed by atoms with Gasteiger partial charge in [0.1, 0.15) is 0 Å². The predicted octanol–water partition coefficient (Wildman–Crippen LogP) is 8.12. The lowest BCUT2D eigenvalue weighted by molar-refractivity contribution is 0.0473. The molecule has 0 unspecified atom stereocenters. The largest absolute Gasteiger partial charge is 0.393 e. The molecule has 3 fully saturated rings. The standard InChI is InChI=1S/C35H49NO3/c1-23(10-8-18-34(2,3)4)30-16-17-31-25(11-9-19-35(30,31)5)15-14-24-20-26(22-27(37)21-24)36-32(38)28-12-6-7-13-29(28)33(36)39/h6-7,12-15,23,26-27,30-31,37H,8-11,16-22H2,1-5H3/b24-14+,25-15+/t23-,26+,27-,30-,31+,35-/m1/s1. The first-order valence-corrected chi connectivity index (χ1v) is 15.5. The molecule has 5 rings (SSSR count). The van der Waals surface area contributed by atoms with Crippen LogP contribution >= 0.6 is 0 Å². The van der Waals surface area contributed by atoms with Crippen LogP contribution in [0.5, 0.6) is 0 Å². The second-order valence-corrected chi connectivity index (χ2v) is 14.6. The number of hydrogen-bond donors (Lipinski definition) is 1. The first-order valence-electron chi connectivity index (χ1n) is 15.5. The van der Waals surface area contributed by atoms with E-state index in [2.05, 4.69) is 46.8 Å². The number of aliphatic hydroxyl groups excluding tert-OH is 1. The fourth-order valence-corrected chi connectivity index (χ4v) is 8.64. The molecule has 1 aromatic rings. The van der Waals surface area contributed by atoms with Crippen molar-refractivity contribution in [2.75, 3.05) is 0 Å². The minimum atomic E-state index is -0.529. The Morgan fingerprint density at radius 3 is 2.44 bits per heavy atom. The molecule has 0 radical (unpaired) electrons. The van der Waals surface area contributed by atoms with Crippen LogP contribution in [-0.4, -0.2) is 34.0 Å². The molecule has 1 aliphatic heterocycles. The van der Waals surface area contributed by atoms with Crippen LogP contribution in [0, 0.1) is 28.6 Å². The third-order valence-corrected chi connectivity index (χ3v) is 10.6. The number of amides is 2. The van der Waals surface area contributed by atoms with Gasteiger partial charge in [0.15, 0.2) is 0 Å². The van der Waals surface area contributed by atoms with E-state index in [0.29, 0.717) is 47.1 Å². The third kappa shape index (κ3) is 5.69. The van der Waals surface area contributed by atoms with E-state index in [9.17, 15) is 14.7 Å². The van der Waals surface area contributed by atoms with Crippen LogP contribution in [0.25, 0.3) is 0 Å². The first-order chi connectivity index (χ1) is 18.5. The summed E-state index contributed by atoms with van der Waals surface area (Å²) in [6, 6.07) is 6.79. The Bertz CT molecular complexity index is 1120. The fraction of sp³-hybridized carbons (Fsp3) is 0.657. The summed E-state index contributed by atoms with van der Waals surface area (Å²) in [5.74, 6) is 1.79. The van der Waals surface area contributed by atoms with Crippen LogP contribution in [0.2, 0.25) is 0 Å². The lowest BCUT2D eigenvalue weighted by atomic mass is 9.60. The highest BCUT2D eigenvalue weighted by atomic mass is 16.3. The van der Waals surface area contributed by atoms with E-state index in [0.717, 1.165) is 17.4 Å². The van der Waals surface area contributed by atoms with Crippen molar-refractivity contribution in [3.63, 3.8) is 0 Å². The molecule has 4 aliphatic rings. The topological polar surface area (TPSA) is 57.6 Å². The minimum Gasteiger partial charge on any atom is -0.393 e. The SMILES string of the molecule is C[C@H](CCCC(C)(C)C)[C@H]1CC[C@H]2/C(=C/C=C3/C[C@@H](O)C[C@@H](N4C(=O)c5ccccc5C4=O)C3)CCC[C@]12C. The molecule has 4 nitrogen and oxygen atoms in total. The summed E-state index contributed by atoms with van der Waals surface area (Å²) in [7, 11) is 0. The van der Waals surface area contributed by atoms with E-state index < -0.39 is 6.10 Å². The summed E-state index contributed by atoms with van der Waals surface area (Å²) in [5.41, 5.74) is 4.51. The molecule has 0 spiro atoms. The zero-order valence-corrected chi connectivity index (χ0v) is 24.8. The average Bonchev–Trinajstić information content (AvgIpc) is 3.35. The molecule has 1 aromatic carbocycles. The van der Waals surface area contributed by atoms with Gasteiger partial charge in [-0.3, -0.25) is 14.5 Å². The summed E-state index contributed by atoms with van der Waals surface area (Å²) in [4.78, 5) is 27.6. The van der Waals surface area contributed by atoms with E-state index in [1.165, 1.54) is 56.3 Å². The third-order valence-electron chi connectivity index (χ3n) is 10.6. The zero-order valence-electron chi connectivity index (χ0n) is 24.8. The normalized spacial score (nSPS) is 34.1. The molecule has 0 saturated heterocycles. The van der Waals surface area contributed by atoms with Gasteiger partial charge in [-0.25, -0.2) is 0 Å². The Hall–Kier alpha value is -2.20. The molecule has 4 heteroatoms. The summed E-state index contributed by atoms with van der Waals surface area (Å²) < 4.78 is 0. The quantitative estimate of drug-likeness (QED) is 0.377. The molecule has 1 heterocycles. The van der Waals surface area contributed by atoms with Crippen molar-refractivity contribution in [1.29, 1.82) is 0 Å². The van der Waals surface area contributed by atoms with Gasteiger partial charge in [-0.05, 0) is 98.5 Å². The number of aliphatic hydroxyl groups is 1. The molecular formula is C35H49NO3. The van der Waals surface area contributed by atoms with Crippen LogP contribution in [0.1, 0.15) is 126 Å². The van der Waals surface area contributed by atoms with Gasteiger partial charge in [0.05, 0.1) is 17.2 Å². The van der Waals surface area contributed by atoms with Crippen LogP contribution in [-0.2, 0) is 0 Å². The summed E-state index contributed by atoms with van der Waals surface area (Å²) in [6.45, 7) is 12.1. The Morgan fingerprint density at radius 2 is 1.77 bits per heavy atom. The number of benzene rings is 1. The monoisotopic (exact) mass is 531 g/mol.